The minimum atomic E-state index is -0.382. The molecular weight excluding hydrogens is 207 g/mol. The van der Waals surface area contributed by atoms with Crippen molar-refractivity contribution < 1.29 is 9.13 Å². The molecule has 2 N–H and O–H groups in total. The van der Waals surface area contributed by atoms with Gasteiger partial charge in [0.15, 0.2) is 5.75 Å². The highest BCUT2D eigenvalue weighted by Crippen LogP contribution is 2.28. The van der Waals surface area contributed by atoms with Gasteiger partial charge >= 0.3 is 0 Å². The van der Waals surface area contributed by atoms with Gasteiger partial charge in [0, 0.05) is 12.3 Å². The quantitative estimate of drug-likeness (QED) is 0.788. The summed E-state index contributed by atoms with van der Waals surface area (Å²) >= 11 is 0. The highest BCUT2D eigenvalue weighted by molar-refractivity contribution is 5.54. The number of aromatic nitrogens is 1. The second kappa shape index (κ2) is 4.18. The number of hydrogen-bond donors (Lipinski definition) is 1. The van der Waals surface area contributed by atoms with Gasteiger partial charge in [-0.15, -0.1) is 0 Å². The molecule has 82 valence electrons. The van der Waals surface area contributed by atoms with Crippen molar-refractivity contribution in [3.05, 3.63) is 48.0 Å². The Hall–Kier alpha value is -2.10. The normalized spacial score (nSPS) is 10.1. The lowest BCUT2D eigenvalue weighted by Crippen LogP contribution is -1.95. The number of halogens is 1. The molecule has 0 saturated heterocycles. The van der Waals surface area contributed by atoms with E-state index in [2.05, 4.69) is 4.98 Å². The molecule has 0 spiro atoms. The molecule has 0 fully saturated rings. The largest absolute Gasteiger partial charge is 0.453 e. The fourth-order valence-corrected chi connectivity index (χ4v) is 1.31. The minimum Gasteiger partial charge on any atom is -0.453 e. The third kappa shape index (κ3) is 2.11. The third-order valence-corrected chi connectivity index (χ3v) is 2.15. The third-order valence-electron chi connectivity index (χ3n) is 2.15. The number of aryl methyl sites for hydroxylation is 1. The van der Waals surface area contributed by atoms with E-state index in [-0.39, 0.29) is 11.5 Å². The maximum absolute atomic E-state index is 12.8. The van der Waals surface area contributed by atoms with Gasteiger partial charge in [-0.3, -0.25) is 4.98 Å². The fourth-order valence-electron chi connectivity index (χ4n) is 1.31. The molecule has 4 heteroatoms. The molecule has 0 bridgehead atoms. The summed E-state index contributed by atoms with van der Waals surface area (Å²) in [5.41, 5.74) is 6.66. The summed E-state index contributed by atoms with van der Waals surface area (Å²) in [6.45, 7) is 1.83. The van der Waals surface area contributed by atoms with Crippen LogP contribution in [0, 0.1) is 12.7 Å². The van der Waals surface area contributed by atoms with Gasteiger partial charge in [-0.25, -0.2) is 4.39 Å². The summed E-state index contributed by atoms with van der Waals surface area (Å²) in [7, 11) is 0. The summed E-state index contributed by atoms with van der Waals surface area (Å²) in [6.07, 6.45) is 1.68. The molecule has 3 nitrogen and oxygen atoms in total. The number of anilines is 1. The summed E-state index contributed by atoms with van der Waals surface area (Å²) in [5, 5.41) is 0. The van der Waals surface area contributed by atoms with Gasteiger partial charge in [0.05, 0.1) is 11.4 Å². The summed E-state index contributed by atoms with van der Waals surface area (Å²) < 4.78 is 18.4. The van der Waals surface area contributed by atoms with E-state index in [1.54, 1.807) is 18.3 Å². The zero-order chi connectivity index (χ0) is 11.5. The van der Waals surface area contributed by atoms with Crippen molar-refractivity contribution in [1.29, 1.82) is 0 Å². The Kier molecular flexibility index (Phi) is 2.72. The number of rotatable bonds is 2. The van der Waals surface area contributed by atoms with Gasteiger partial charge in [-0.1, -0.05) is 0 Å². The Morgan fingerprint density at radius 3 is 2.75 bits per heavy atom. The maximum Gasteiger partial charge on any atom is 0.150 e. The van der Waals surface area contributed by atoms with Gasteiger partial charge in [-0.05, 0) is 31.2 Å². The molecule has 2 rings (SSSR count). The maximum atomic E-state index is 12.8. The number of pyridine rings is 1. The number of nitrogens with two attached hydrogens (primary N) is 1. The van der Waals surface area contributed by atoms with Crippen LogP contribution in [0.5, 0.6) is 11.5 Å². The molecular formula is C12H11FN2O. The standard InChI is InChI=1S/C12H11FN2O/c1-8-11(3-2-6-15-8)16-12-5-4-9(13)7-10(12)14/h2-7H,14H2,1H3. The van der Waals surface area contributed by atoms with Gasteiger partial charge in [0.2, 0.25) is 0 Å². The monoisotopic (exact) mass is 218 g/mol. The first kappa shape index (κ1) is 10.4. The fraction of sp³-hybridized carbons (Fsp3) is 0.0833. The molecule has 0 saturated carbocycles. The molecule has 1 aromatic heterocycles. The SMILES string of the molecule is Cc1ncccc1Oc1ccc(F)cc1N. The molecule has 0 aliphatic carbocycles. The first-order valence-electron chi connectivity index (χ1n) is 4.81. The molecule has 0 aliphatic rings. The lowest BCUT2D eigenvalue weighted by atomic mass is 10.3. The van der Waals surface area contributed by atoms with Crippen LogP contribution < -0.4 is 10.5 Å². The molecule has 16 heavy (non-hydrogen) atoms. The van der Waals surface area contributed by atoms with E-state index in [4.69, 9.17) is 10.5 Å². The van der Waals surface area contributed by atoms with Crippen LogP contribution in [0.15, 0.2) is 36.5 Å². The molecule has 0 aliphatic heterocycles. The van der Waals surface area contributed by atoms with Crippen molar-refractivity contribution >= 4 is 5.69 Å². The summed E-state index contributed by atoms with van der Waals surface area (Å²) in [6, 6.07) is 7.57. The van der Waals surface area contributed by atoms with E-state index in [1.807, 2.05) is 6.92 Å². The first-order chi connectivity index (χ1) is 7.66. The molecule has 0 unspecified atom stereocenters. The average Bonchev–Trinajstić information content (AvgIpc) is 2.25. The zero-order valence-corrected chi connectivity index (χ0v) is 8.77. The van der Waals surface area contributed by atoms with Crippen molar-refractivity contribution in [3.8, 4) is 11.5 Å². The smallest absolute Gasteiger partial charge is 0.150 e. The number of benzene rings is 1. The van der Waals surface area contributed by atoms with Gasteiger partial charge < -0.3 is 10.5 Å². The molecule has 1 heterocycles. The van der Waals surface area contributed by atoms with Crippen molar-refractivity contribution in [3.63, 3.8) is 0 Å². The van der Waals surface area contributed by atoms with Crippen LogP contribution in [0.3, 0.4) is 0 Å². The zero-order valence-electron chi connectivity index (χ0n) is 8.77. The van der Waals surface area contributed by atoms with E-state index in [0.717, 1.165) is 5.69 Å². The molecule has 0 radical (unpaired) electrons. The molecule has 0 atom stereocenters. The van der Waals surface area contributed by atoms with E-state index in [1.165, 1.54) is 18.2 Å². The molecule has 2 aromatic rings. The lowest BCUT2D eigenvalue weighted by Gasteiger charge is -2.09. The Morgan fingerprint density at radius 1 is 1.25 bits per heavy atom. The van der Waals surface area contributed by atoms with E-state index in [0.29, 0.717) is 11.5 Å². The number of hydrogen-bond acceptors (Lipinski definition) is 3. The second-order valence-corrected chi connectivity index (χ2v) is 3.37. The van der Waals surface area contributed by atoms with Crippen LogP contribution in [0.4, 0.5) is 10.1 Å². The Morgan fingerprint density at radius 2 is 2.06 bits per heavy atom. The topological polar surface area (TPSA) is 48.1 Å². The summed E-state index contributed by atoms with van der Waals surface area (Å²) in [5.74, 6) is 0.658. The molecule has 1 aromatic carbocycles. The Balaban J connectivity index is 2.31. The second-order valence-electron chi connectivity index (χ2n) is 3.37. The minimum absolute atomic E-state index is 0.267. The van der Waals surface area contributed by atoms with Crippen molar-refractivity contribution in [1.82, 2.24) is 4.98 Å². The number of nitrogen functional groups attached to an aromatic ring is 1. The van der Waals surface area contributed by atoms with E-state index >= 15 is 0 Å². The van der Waals surface area contributed by atoms with Crippen LogP contribution in [0.1, 0.15) is 5.69 Å². The highest BCUT2D eigenvalue weighted by atomic mass is 19.1. The summed E-state index contributed by atoms with van der Waals surface area (Å²) in [4.78, 5) is 4.08. The number of nitrogens with zero attached hydrogens (tertiary/aromatic N) is 1. The average molecular weight is 218 g/mol. The van der Waals surface area contributed by atoms with Gasteiger partial charge in [-0.2, -0.15) is 0 Å². The van der Waals surface area contributed by atoms with Gasteiger partial charge in [0.25, 0.3) is 0 Å². The highest BCUT2D eigenvalue weighted by Gasteiger charge is 2.05. The lowest BCUT2D eigenvalue weighted by molar-refractivity contribution is 0.476. The van der Waals surface area contributed by atoms with Crippen LogP contribution >= 0.6 is 0 Å². The van der Waals surface area contributed by atoms with E-state index in [9.17, 15) is 4.39 Å². The van der Waals surface area contributed by atoms with Crippen molar-refractivity contribution in [2.24, 2.45) is 0 Å². The first-order valence-corrected chi connectivity index (χ1v) is 4.81. The number of ether oxygens (including phenoxy) is 1. The predicted octanol–water partition coefficient (Wildman–Crippen LogP) is 2.90. The van der Waals surface area contributed by atoms with Crippen LogP contribution in [0.25, 0.3) is 0 Å². The van der Waals surface area contributed by atoms with Crippen molar-refractivity contribution in [2.45, 2.75) is 6.92 Å². The van der Waals surface area contributed by atoms with Crippen LogP contribution in [0.2, 0.25) is 0 Å². The van der Waals surface area contributed by atoms with Crippen LogP contribution in [-0.2, 0) is 0 Å². The van der Waals surface area contributed by atoms with Crippen molar-refractivity contribution in [2.75, 3.05) is 5.73 Å². The molecule has 0 amide bonds. The van der Waals surface area contributed by atoms with Crippen LogP contribution in [-0.4, -0.2) is 4.98 Å². The van der Waals surface area contributed by atoms with E-state index < -0.39 is 0 Å². The predicted molar refractivity (Wildman–Crippen MR) is 59.9 cm³/mol. The van der Waals surface area contributed by atoms with Gasteiger partial charge in [0.1, 0.15) is 11.6 Å². The Bertz CT molecular complexity index is 514. The Labute approximate surface area is 92.7 Å².